The van der Waals surface area contributed by atoms with E-state index in [1.54, 1.807) is 19.2 Å². The highest BCUT2D eigenvalue weighted by Crippen LogP contribution is 2.36. The van der Waals surface area contributed by atoms with Gasteiger partial charge in [-0.3, -0.25) is 14.9 Å². The van der Waals surface area contributed by atoms with Crippen molar-refractivity contribution in [3.63, 3.8) is 0 Å². The van der Waals surface area contributed by atoms with Gasteiger partial charge in [0.15, 0.2) is 0 Å². The standard InChI is InChI=1S/C17H23N3O3/c1-18-15-7-6-13(10-16(15)20(22)23)17(21)19-9-8-12-4-2-3-5-14(12)11-19/h6-7,10,12,14,18H,2-5,8-9,11H2,1H3/t12-,14-/m0/s1. The van der Waals surface area contributed by atoms with Gasteiger partial charge in [0, 0.05) is 31.8 Å². The van der Waals surface area contributed by atoms with Crippen LogP contribution in [-0.2, 0) is 0 Å². The minimum Gasteiger partial charge on any atom is -0.383 e. The average molecular weight is 317 g/mol. The number of hydrogen-bond acceptors (Lipinski definition) is 4. The molecule has 0 bridgehead atoms. The van der Waals surface area contributed by atoms with Gasteiger partial charge in [-0.1, -0.05) is 19.3 Å². The van der Waals surface area contributed by atoms with Gasteiger partial charge in [-0.25, -0.2) is 0 Å². The highest BCUT2D eigenvalue weighted by molar-refractivity contribution is 5.95. The first-order chi connectivity index (χ1) is 11.1. The Morgan fingerprint density at radius 3 is 2.70 bits per heavy atom. The molecule has 2 fully saturated rings. The number of nitrogens with one attached hydrogen (secondary N) is 1. The Hall–Kier alpha value is -2.11. The van der Waals surface area contributed by atoms with Crippen molar-refractivity contribution < 1.29 is 9.72 Å². The topological polar surface area (TPSA) is 75.5 Å². The van der Waals surface area contributed by atoms with Gasteiger partial charge in [-0.05, 0) is 36.8 Å². The van der Waals surface area contributed by atoms with Gasteiger partial charge in [-0.2, -0.15) is 0 Å². The first-order valence-electron chi connectivity index (χ1n) is 8.35. The molecule has 6 nitrogen and oxygen atoms in total. The summed E-state index contributed by atoms with van der Waals surface area (Å²) in [5.74, 6) is 1.28. The van der Waals surface area contributed by atoms with Gasteiger partial charge in [0.25, 0.3) is 11.6 Å². The summed E-state index contributed by atoms with van der Waals surface area (Å²) in [4.78, 5) is 25.3. The Balaban J connectivity index is 1.77. The van der Waals surface area contributed by atoms with Gasteiger partial charge < -0.3 is 10.2 Å². The van der Waals surface area contributed by atoms with Crippen LogP contribution >= 0.6 is 0 Å². The zero-order valence-electron chi connectivity index (χ0n) is 13.5. The number of rotatable bonds is 3. The number of carbonyl (C=O) groups is 1. The molecule has 0 spiro atoms. The predicted octanol–water partition coefficient (Wildman–Crippen LogP) is 3.29. The van der Waals surface area contributed by atoms with E-state index >= 15 is 0 Å². The van der Waals surface area contributed by atoms with Crippen LogP contribution in [0, 0.1) is 22.0 Å². The number of nitro groups is 1. The average Bonchev–Trinajstić information content (AvgIpc) is 2.60. The lowest BCUT2D eigenvalue weighted by Gasteiger charge is -2.41. The van der Waals surface area contributed by atoms with E-state index in [0.29, 0.717) is 17.2 Å². The van der Waals surface area contributed by atoms with E-state index in [2.05, 4.69) is 5.32 Å². The summed E-state index contributed by atoms with van der Waals surface area (Å²) < 4.78 is 0. The van der Waals surface area contributed by atoms with Crippen LogP contribution < -0.4 is 5.32 Å². The van der Waals surface area contributed by atoms with Crippen LogP contribution in [0.4, 0.5) is 11.4 Å². The lowest BCUT2D eigenvalue weighted by atomic mass is 9.75. The molecule has 23 heavy (non-hydrogen) atoms. The second-order valence-corrected chi connectivity index (χ2v) is 6.58. The van der Waals surface area contributed by atoms with Crippen molar-refractivity contribution in [2.24, 2.45) is 11.8 Å². The number of anilines is 1. The summed E-state index contributed by atoms with van der Waals surface area (Å²) in [6.07, 6.45) is 6.12. The van der Waals surface area contributed by atoms with Crippen LogP contribution in [0.2, 0.25) is 0 Å². The van der Waals surface area contributed by atoms with Crippen LogP contribution in [-0.4, -0.2) is 35.9 Å². The fraction of sp³-hybridized carbons (Fsp3) is 0.588. The van der Waals surface area contributed by atoms with Gasteiger partial charge in [-0.15, -0.1) is 0 Å². The molecule has 2 atom stereocenters. The molecule has 124 valence electrons. The van der Waals surface area contributed by atoms with Crippen molar-refractivity contribution in [2.45, 2.75) is 32.1 Å². The van der Waals surface area contributed by atoms with E-state index in [1.807, 2.05) is 4.90 Å². The molecule has 2 aliphatic rings. The normalized spacial score (nSPS) is 24.0. The van der Waals surface area contributed by atoms with E-state index < -0.39 is 4.92 Å². The second kappa shape index (κ2) is 6.56. The molecule has 1 saturated heterocycles. The van der Waals surface area contributed by atoms with Crippen molar-refractivity contribution in [3.8, 4) is 0 Å². The lowest BCUT2D eigenvalue weighted by Crippen LogP contribution is -2.44. The molecule has 1 aliphatic carbocycles. The fourth-order valence-corrected chi connectivity index (χ4v) is 4.00. The van der Waals surface area contributed by atoms with E-state index in [1.165, 1.54) is 31.7 Å². The number of piperidine rings is 1. The molecule has 1 amide bonds. The van der Waals surface area contributed by atoms with E-state index in [-0.39, 0.29) is 11.6 Å². The van der Waals surface area contributed by atoms with Crippen molar-refractivity contribution in [1.82, 2.24) is 4.90 Å². The van der Waals surface area contributed by atoms with Crippen LogP contribution in [0.5, 0.6) is 0 Å². The number of likely N-dealkylation sites (tertiary alicyclic amines) is 1. The predicted molar refractivity (Wildman–Crippen MR) is 88.6 cm³/mol. The zero-order valence-corrected chi connectivity index (χ0v) is 13.5. The number of fused-ring (bicyclic) bond motifs is 1. The third kappa shape index (κ3) is 3.16. The monoisotopic (exact) mass is 317 g/mol. The molecule has 1 aliphatic heterocycles. The highest BCUT2D eigenvalue weighted by Gasteiger charge is 2.33. The summed E-state index contributed by atoms with van der Waals surface area (Å²) in [5.41, 5.74) is 0.786. The molecule has 1 N–H and O–H groups in total. The number of amides is 1. The minimum atomic E-state index is -0.448. The maximum absolute atomic E-state index is 12.7. The molecule has 1 saturated carbocycles. The molecule has 6 heteroatoms. The van der Waals surface area contributed by atoms with Crippen LogP contribution in [0.15, 0.2) is 18.2 Å². The smallest absolute Gasteiger partial charge is 0.293 e. The molecule has 1 aromatic rings. The quantitative estimate of drug-likeness (QED) is 0.685. The van der Waals surface area contributed by atoms with Gasteiger partial charge in [0.1, 0.15) is 5.69 Å². The van der Waals surface area contributed by atoms with Gasteiger partial charge in [0.05, 0.1) is 4.92 Å². The van der Waals surface area contributed by atoms with Gasteiger partial charge in [0.2, 0.25) is 0 Å². The number of benzene rings is 1. The summed E-state index contributed by atoms with van der Waals surface area (Å²) >= 11 is 0. The Morgan fingerprint density at radius 1 is 1.26 bits per heavy atom. The van der Waals surface area contributed by atoms with Crippen molar-refractivity contribution in [2.75, 3.05) is 25.5 Å². The van der Waals surface area contributed by atoms with E-state index in [9.17, 15) is 14.9 Å². The lowest BCUT2D eigenvalue weighted by molar-refractivity contribution is -0.384. The molecule has 0 unspecified atom stereocenters. The SMILES string of the molecule is CNc1ccc(C(=O)N2CC[C@@H]3CCCC[C@H]3C2)cc1[N+](=O)[O-]. The number of hydrogen-bond donors (Lipinski definition) is 1. The van der Waals surface area contributed by atoms with Crippen molar-refractivity contribution >= 4 is 17.3 Å². The molecule has 1 heterocycles. The summed E-state index contributed by atoms with van der Waals surface area (Å²) in [5, 5.41) is 14.0. The zero-order chi connectivity index (χ0) is 16.4. The highest BCUT2D eigenvalue weighted by atomic mass is 16.6. The summed E-state index contributed by atoms with van der Waals surface area (Å²) in [6, 6.07) is 4.67. The molecule has 0 radical (unpaired) electrons. The Morgan fingerprint density at radius 2 is 2.00 bits per heavy atom. The van der Waals surface area contributed by atoms with E-state index in [4.69, 9.17) is 0 Å². The first-order valence-corrected chi connectivity index (χ1v) is 8.35. The summed E-state index contributed by atoms with van der Waals surface area (Å²) in [7, 11) is 1.64. The van der Waals surface area contributed by atoms with Gasteiger partial charge >= 0.3 is 0 Å². The Kier molecular flexibility index (Phi) is 4.50. The maximum atomic E-state index is 12.7. The molecule has 3 rings (SSSR count). The Labute approximate surface area is 136 Å². The molecular weight excluding hydrogens is 294 g/mol. The second-order valence-electron chi connectivity index (χ2n) is 6.58. The minimum absolute atomic E-state index is 0.0501. The van der Waals surface area contributed by atoms with Crippen molar-refractivity contribution in [3.05, 3.63) is 33.9 Å². The van der Waals surface area contributed by atoms with Crippen molar-refractivity contribution in [1.29, 1.82) is 0 Å². The van der Waals surface area contributed by atoms with E-state index in [0.717, 1.165) is 25.4 Å². The Bertz CT molecular complexity index is 617. The number of carbonyl (C=O) groups excluding carboxylic acids is 1. The number of nitrogens with zero attached hydrogens (tertiary/aromatic N) is 2. The third-order valence-electron chi connectivity index (χ3n) is 5.29. The van der Waals surface area contributed by atoms with Crippen LogP contribution in [0.25, 0.3) is 0 Å². The number of nitro benzene ring substituents is 1. The molecule has 0 aromatic heterocycles. The maximum Gasteiger partial charge on any atom is 0.293 e. The third-order valence-corrected chi connectivity index (χ3v) is 5.29. The van der Waals surface area contributed by atoms with Crippen LogP contribution in [0.1, 0.15) is 42.5 Å². The summed E-state index contributed by atoms with van der Waals surface area (Å²) in [6.45, 7) is 1.56. The van der Waals surface area contributed by atoms with Crippen LogP contribution in [0.3, 0.4) is 0 Å². The fourth-order valence-electron chi connectivity index (χ4n) is 4.00. The molecular formula is C17H23N3O3. The molecule has 1 aromatic carbocycles. The first kappa shape index (κ1) is 15.8. The largest absolute Gasteiger partial charge is 0.383 e.